The lowest BCUT2D eigenvalue weighted by Gasteiger charge is -2.13. The molecule has 1 amide bonds. The molecule has 4 nitrogen and oxygen atoms in total. The second kappa shape index (κ2) is 7.50. The zero-order valence-corrected chi connectivity index (χ0v) is 13.4. The van der Waals surface area contributed by atoms with Crippen molar-refractivity contribution in [2.24, 2.45) is 0 Å². The quantitative estimate of drug-likeness (QED) is 0.862. The number of nitrogens with one attached hydrogen (secondary N) is 2. The number of anilines is 2. The van der Waals surface area contributed by atoms with Gasteiger partial charge in [0.05, 0.1) is 6.54 Å². The van der Waals surface area contributed by atoms with E-state index in [2.05, 4.69) is 16.7 Å². The van der Waals surface area contributed by atoms with E-state index in [9.17, 15) is 4.79 Å². The molecule has 2 rings (SSSR count). The van der Waals surface area contributed by atoms with Crippen LogP contribution in [0, 0.1) is 6.92 Å². The summed E-state index contributed by atoms with van der Waals surface area (Å²) in [5, 5.41) is 6.04. The zero-order valence-electron chi connectivity index (χ0n) is 13.4. The first-order valence-corrected chi connectivity index (χ1v) is 7.38. The third-order valence-electron chi connectivity index (χ3n) is 3.41. The summed E-state index contributed by atoms with van der Waals surface area (Å²) in [6.45, 7) is 2.87. The maximum Gasteiger partial charge on any atom is 0.239 e. The number of hydrogen-bond acceptors (Lipinski definition) is 3. The number of rotatable bonds is 6. The maximum absolute atomic E-state index is 11.9. The van der Waals surface area contributed by atoms with E-state index in [4.69, 9.17) is 0 Å². The third kappa shape index (κ3) is 4.81. The zero-order chi connectivity index (χ0) is 15.9. The largest absolute Gasteiger partial charge is 0.378 e. The van der Waals surface area contributed by atoms with Gasteiger partial charge in [-0.3, -0.25) is 4.79 Å². The SMILES string of the molecule is Cc1cccc(CNC(=O)CNc2ccc(N(C)C)cc2)c1. The smallest absolute Gasteiger partial charge is 0.239 e. The maximum atomic E-state index is 11.9. The molecule has 0 aromatic heterocycles. The lowest BCUT2D eigenvalue weighted by molar-refractivity contribution is -0.119. The van der Waals surface area contributed by atoms with Crippen LogP contribution < -0.4 is 15.5 Å². The van der Waals surface area contributed by atoms with Crippen molar-refractivity contribution in [1.29, 1.82) is 0 Å². The molecule has 2 aromatic rings. The summed E-state index contributed by atoms with van der Waals surface area (Å²) in [6.07, 6.45) is 0. The van der Waals surface area contributed by atoms with E-state index in [1.165, 1.54) is 5.56 Å². The molecule has 116 valence electrons. The van der Waals surface area contributed by atoms with Gasteiger partial charge >= 0.3 is 0 Å². The van der Waals surface area contributed by atoms with Gasteiger partial charge in [0.25, 0.3) is 0 Å². The van der Waals surface area contributed by atoms with Crippen LogP contribution in [-0.4, -0.2) is 26.5 Å². The first-order chi connectivity index (χ1) is 10.5. The van der Waals surface area contributed by atoms with Gasteiger partial charge in [0, 0.05) is 32.0 Å². The Hall–Kier alpha value is -2.49. The molecule has 0 fully saturated rings. The fraction of sp³-hybridized carbons (Fsp3) is 0.278. The van der Waals surface area contributed by atoms with E-state index in [0.29, 0.717) is 6.54 Å². The van der Waals surface area contributed by atoms with Crippen LogP contribution in [-0.2, 0) is 11.3 Å². The first-order valence-electron chi connectivity index (χ1n) is 7.38. The van der Waals surface area contributed by atoms with Gasteiger partial charge in [0.2, 0.25) is 5.91 Å². The summed E-state index contributed by atoms with van der Waals surface area (Å²) >= 11 is 0. The van der Waals surface area contributed by atoms with Crippen LogP contribution in [0.1, 0.15) is 11.1 Å². The predicted octanol–water partition coefficient (Wildman–Crippen LogP) is 2.79. The first kappa shape index (κ1) is 15.9. The molecular weight excluding hydrogens is 274 g/mol. The minimum atomic E-state index is -0.0156. The minimum absolute atomic E-state index is 0.0156. The average Bonchev–Trinajstić information content (AvgIpc) is 2.51. The Labute approximate surface area is 132 Å². The summed E-state index contributed by atoms with van der Waals surface area (Å²) in [5.74, 6) is -0.0156. The van der Waals surface area contributed by atoms with Gasteiger partial charge in [-0.05, 0) is 36.8 Å². The Bertz CT molecular complexity index is 620. The van der Waals surface area contributed by atoms with Crippen LogP contribution in [0.5, 0.6) is 0 Å². The second-order valence-corrected chi connectivity index (χ2v) is 5.56. The molecule has 0 aliphatic heterocycles. The van der Waals surface area contributed by atoms with Gasteiger partial charge in [-0.2, -0.15) is 0 Å². The number of benzene rings is 2. The highest BCUT2D eigenvalue weighted by Gasteiger charge is 2.02. The average molecular weight is 297 g/mol. The monoisotopic (exact) mass is 297 g/mol. The van der Waals surface area contributed by atoms with E-state index in [1.54, 1.807) is 0 Å². The molecule has 22 heavy (non-hydrogen) atoms. The van der Waals surface area contributed by atoms with Crippen LogP contribution in [0.15, 0.2) is 48.5 Å². The Morgan fingerprint density at radius 2 is 1.82 bits per heavy atom. The summed E-state index contributed by atoms with van der Waals surface area (Å²) in [6, 6.07) is 16.1. The van der Waals surface area contributed by atoms with Gasteiger partial charge in [-0.25, -0.2) is 0 Å². The number of nitrogens with zero attached hydrogens (tertiary/aromatic N) is 1. The van der Waals surface area contributed by atoms with Gasteiger partial charge < -0.3 is 15.5 Å². The van der Waals surface area contributed by atoms with Crippen molar-refractivity contribution in [2.75, 3.05) is 30.9 Å². The highest BCUT2D eigenvalue weighted by atomic mass is 16.1. The number of hydrogen-bond donors (Lipinski definition) is 2. The lowest BCUT2D eigenvalue weighted by Crippen LogP contribution is -2.29. The molecule has 4 heteroatoms. The van der Waals surface area contributed by atoms with Crippen LogP contribution >= 0.6 is 0 Å². The second-order valence-electron chi connectivity index (χ2n) is 5.56. The summed E-state index contributed by atoms with van der Waals surface area (Å²) in [5.41, 5.74) is 4.39. The highest BCUT2D eigenvalue weighted by molar-refractivity contribution is 5.80. The molecule has 2 N–H and O–H groups in total. The lowest BCUT2D eigenvalue weighted by atomic mass is 10.1. The molecule has 0 heterocycles. The molecule has 0 spiro atoms. The third-order valence-corrected chi connectivity index (χ3v) is 3.41. The van der Waals surface area contributed by atoms with Crippen molar-refractivity contribution in [2.45, 2.75) is 13.5 Å². The Balaban J connectivity index is 1.77. The van der Waals surface area contributed by atoms with Crippen LogP contribution in [0.2, 0.25) is 0 Å². The number of amides is 1. The Kier molecular flexibility index (Phi) is 5.42. The van der Waals surface area contributed by atoms with Crippen LogP contribution in [0.4, 0.5) is 11.4 Å². The van der Waals surface area contributed by atoms with Crippen molar-refractivity contribution in [1.82, 2.24) is 5.32 Å². The molecule has 0 saturated carbocycles. The molecular formula is C18H23N3O. The van der Waals surface area contributed by atoms with Crippen molar-refractivity contribution in [3.05, 3.63) is 59.7 Å². The molecule has 2 aromatic carbocycles. The topological polar surface area (TPSA) is 44.4 Å². The molecule has 0 unspecified atom stereocenters. The summed E-state index contributed by atoms with van der Waals surface area (Å²) in [4.78, 5) is 13.9. The van der Waals surface area contributed by atoms with E-state index in [1.807, 2.05) is 68.4 Å². The number of carbonyl (C=O) groups excluding carboxylic acids is 1. The normalized spacial score (nSPS) is 10.1. The van der Waals surface area contributed by atoms with Crippen molar-refractivity contribution >= 4 is 17.3 Å². The van der Waals surface area contributed by atoms with Gasteiger partial charge in [-0.15, -0.1) is 0 Å². The van der Waals surface area contributed by atoms with E-state index in [-0.39, 0.29) is 12.5 Å². The van der Waals surface area contributed by atoms with E-state index < -0.39 is 0 Å². The molecule has 0 radical (unpaired) electrons. The summed E-state index contributed by atoms with van der Waals surface area (Å²) < 4.78 is 0. The Morgan fingerprint density at radius 3 is 2.45 bits per heavy atom. The summed E-state index contributed by atoms with van der Waals surface area (Å²) in [7, 11) is 4.00. The van der Waals surface area contributed by atoms with Crippen molar-refractivity contribution < 1.29 is 4.79 Å². The minimum Gasteiger partial charge on any atom is -0.378 e. The van der Waals surface area contributed by atoms with E-state index in [0.717, 1.165) is 16.9 Å². The fourth-order valence-corrected chi connectivity index (χ4v) is 2.15. The van der Waals surface area contributed by atoms with Crippen LogP contribution in [0.25, 0.3) is 0 Å². The molecule has 0 aliphatic rings. The predicted molar refractivity (Wildman–Crippen MR) is 92.3 cm³/mol. The Morgan fingerprint density at radius 1 is 1.09 bits per heavy atom. The van der Waals surface area contributed by atoms with Gasteiger partial charge in [0.1, 0.15) is 0 Å². The van der Waals surface area contributed by atoms with Gasteiger partial charge in [0.15, 0.2) is 0 Å². The highest BCUT2D eigenvalue weighted by Crippen LogP contribution is 2.15. The molecule has 0 bridgehead atoms. The number of carbonyl (C=O) groups is 1. The standard InChI is InChI=1S/C18H23N3O/c1-14-5-4-6-15(11-14)12-20-18(22)13-19-16-7-9-17(10-8-16)21(2)3/h4-11,19H,12-13H2,1-3H3,(H,20,22). The molecule has 0 aliphatic carbocycles. The molecule has 0 atom stereocenters. The van der Waals surface area contributed by atoms with Crippen molar-refractivity contribution in [3.8, 4) is 0 Å². The fourth-order valence-electron chi connectivity index (χ4n) is 2.15. The number of aryl methyl sites for hydroxylation is 1. The van der Waals surface area contributed by atoms with Crippen LogP contribution in [0.3, 0.4) is 0 Å². The van der Waals surface area contributed by atoms with Crippen molar-refractivity contribution in [3.63, 3.8) is 0 Å². The van der Waals surface area contributed by atoms with E-state index >= 15 is 0 Å². The molecule has 0 saturated heterocycles. The van der Waals surface area contributed by atoms with Gasteiger partial charge in [-0.1, -0.05) is 29.8 Å².